The molecule has 3 aromatic rings. The molecule has 1 heterocycles. The van der Waals surface area contributed by atoms with Crippen molar-refractivity contribution in [2.24, 2.45) is 0 Å². The predicted octanol–water partition coefficient (Wildman–Crippen LogP) is 3.84. The topological polar surface area (TPSA) is 30.2 Å². The van der Waals surface area contributed by atoms with Crippen LogP contribution < -0.4 is 0 Å². The average molecular weight is 256 g/mol. The van der Waals surface area contributed by atoms with E-state index in [-0.39, 0.29) is 0 Å². The lowest BCUT2D eigenvalue weighted by molar-refractivity contribution is 0.622. The van der Waals surface area contributed by atoms with Crippen LogP contribution in [0, 0.1) is 0 Å². The normalized spacial score (nSPS) is 12.7. The molecule has 0 unspecified atom stereocenters. The second-order valence-electron chi connectivity index (χ2n) is 4.08. The van der Waals surface area contributed by atoms with Crippen LogP contribution in [-0.4, -0.2) is 10.5 Å². The van der Waals surface area contributed by atoms with Gasteiger partial charge in [-0.2, -0.15) is 0 Å². The van der Waals surface area contributed by atoms with Crippen LogP contribution in [-0.2, 0) is 10.8 Å². The Morgan fingerprint density at radius 3 is 2.33 bits per heavy atom. The zero-order valence-electron chi connectivity index (χ0n) is 9.92. The molecule has 2 aromatic carbocycles. The van der Waals surface area contributed by atoms with Crippen molar-refractivity contribution in [3.8, 4) is 11.3 Å². The summed E-state index contributed by atoms with van der Waals surface area (Å²) in [6.45, 7) is 0. The molecule has 0 amide bonds. The summed E-state index contributed by atoms with van der Waals surface area (Å²) in [5, 5.41) is 0.928. The van der Waals surface area contributed by atoms with Crippen molar-refractivity contribution in [1.82, 2.24) is 0 Å². The van der Waals surface area contributed by atoms with Gasteiger partial charge in [-0.15, -0.1) is 0 Å². The van der Waals surface area contributed by atoms with Crippen molar-refractivity contribution >= 4 is 21.8 Å². The van der Waals surface area contributed by atoms with E-state index in [0.717, 1.165) is 21.4 Å². The Hall–Kier alpha value is -1.87. The van der Waals surface area contributed by atoms with Crippen LogP contribution in [0.3, 0.4) is 0 Å². The van der Waals surface area contributed by atoms with Crippen LogP contribution in [0.4, 0.5) is 0 Å². The van der Waals surface area contributed by atoms with Gasteiger partial charge < -0.3 is 4.42 Å². The molecule has 0 aliphatic heterocycles. The summed E-state index contributed by atoms with van der Waals surface area (Å²) in [5.74, 6) is 0.706. The van der Waals surface area contributed by atoms with E-state index < -0.39 is 10.8 Å². The van der Waals surface area contributed by atoms with E-state index in [1.165, 1.54) is 0 Å². The lowest BCUT2D eigenvalue weighted by Gasteiger charge is -1.99. The molecule has 1 aromatic heterocycles. The molecule has 0 radical (unpaired) electrons. The first kappa shape index (κ1) is 11.2. The minimum atomic E-state index is -1.08. The van der Waals surface area contributed by atoms with E-state index in [0.29, 0.717) is 5.76 Å². The summed E-state index contributed by atoms with van der Waals surface area (Å²) in [5.41, 5.74) is 1.74. The number of benzene rings is 2. The molecule has 1 atom stereocenters. The first-order valence-electron chi connectivity index (χ1n) is 5.68. The Bertz CT molecular complexity index is 714. The highest BCUT2D eigenvalue weighted by Gasteiger charge is 2.17. The molecule has 0 aliphatic carbocycles. The molecule has 0 spiro atoms. The zero-order chi connectivity index (χ0) is 12.5. The fraction of sp³-hybridized carbons (Fsp3) is 0.0667. The highest BCUT2D eigenvalue weighted by Crippen LogP contribution is 2.35. The van der Waals surface area contributed by atoms with Gasteiger partial charge in [0.1, 0.15) is 5.58 Å². The van der Waals surface area contributed by atoms with Crippen LogP contribution in [0.1, 0.15) is 0 Å². The Morgan fingerprint density at radius 2 is 1.61 bits per heavy atom. The highest BCUT2D eigenvalue weighted by molar-refractivity contribution is 7.84. The number of rotatable bonds is 2. The molecule has 3 heteroatoms. The quantitative estimate of drug-likeness (QED) is 0.697. The van der Waals surface area contributed by atoms with Crippen LogP contribution in [0.2, 0.25) is 0 Å². The third kappa shape index (κ3) is 1.77. The summed E-state index contributed by atoms with van der Waals surface area (Å²) in [6, 6.07) is 17.5. The van der Waals surface area contributed by atoms with E-state index in [1.54, 1.807) is 6.26 Å². The summed E-state index contributed by atoms with van der Waals surface area (Å²) in [7, 11) is -1.08. The molecule has 0 aliphatic rings. The number of hydrogen-bond donors (Lipinski definition) is 0. The average Bonchev–Trinajstić information content (AvgIpc) is 2.79. The maximum absolute atomic E-state index is 12.0. The minimum Gasteiger partial charge on any atom is -0.455 e. The Kier molecular flexibility index (Phi) is 2.76. The standard InChI is InChI=1S/C15H12O2S/c1-18(16)15-12-9-5-6-10-13(12)17-14(15)11-7-3-2-4-8-11/h2-10H,1H3/t18-/m1/s1. The fourth-order valence-electron chi connectivity index (χ4n) is 2.09. The molecule has 3 rings (SSSR count). The van der Waals surface area contributed by atoms with Gasteiger partial charge in [0.25, 0.3) is 0 Å². The Labute approximate surface area is 108 Å². The summed E-state index contributed by atoms with van der Waals surface area (Å²) in [6.07, 6.45) is 1.68. The van der Waals surface area contributed by atoms with Gasteiger partial charge in [-0.25, -0.2) is 0 Å². The van der Waals surface area contributed by atoms with Gasteiger partial charge in [0.05, 0.1) is 15.7 Å². The number of para-hydroxylation sites is 1. The molecular formula is C15H12O2S. The third-order valence-corrected chi connectivity index (χ3v) is 3.85. The SMILES string of the molecule is C[S@@](=O)c1c(-c2ccccc2)oc2ccccc12. The Morgan fingerprint density at radius 1 is 0.944 bits per heavy atom. The van der Waals surface area contributed by atoms with Gasteiger partial charge >= 0.3 is 0 Å². The van der Waals surface area contributed by atoms with Crippen molar-refractivity contribution in [1.29, 1.82) is 0 Å². The van der Waals surface area contributed by atoms with Crippen molar-refractivity contribution in [3.05, 3.63) is 54.6 Å². The van der Waals surface area contributed by atoms with Gasteiger partial charge in [0.15, 0.2) is 5.76 Å². The lowest BCUT2D eigenvalue weighted by atomic mass is 10.1. The van der Waals surface area contributed by atoms with Gasteiger partial charge in [0, 0.05) is 17.2 Å². The second-order valence-corrected chi connectivity index (χ2v) is 5.39. The fourth-order valence-corrected chi connectivity index (χ4v) is 2.99. The highest BCUT2D eigenvalue weighted by atomic mass is 32.2. The summed E-state index contributed by atoms with van der Waals surface area (Å²) < 4.78 is 17.8. The van der Waals surface area contributed by atoms with Gasteiger partial charge in [0.2, 0.25) is 0 Å². The van der Waals surface area contributed by atoms with Crippen molar-refractivity contribution in [3.63, 3.8) is 0 Å². The molecular weight excluding hydrogens is 244 g/mol. The van der Waals surface area contributed by atoms with Crippen LogP contribution >= 0.6 is 0 Å². The molecule has 18 heavy (non-hydrogen) atoms. The first-order chi connectivity index (χ1) is 8.77. The number of hydrogen-bond acceptors (Lipinski definition) is 2. The van der Waals surface area contributed by atoms with Gasteiger partial charge in [-0.05, 0) is 12.1 Å². The molecule has 0 saturated carbocycles. The number of furan rings is 1. The molecule has 0 saturated heterocycles. The molecule has 2 nitrogen and oxygen atoms in total. The van der Waals surface area contributed by atoms with Crippen molar-refractivity contribution < 1.29 is 8.63 Å². The second kappa shape index (κ2) is 4.42. The number of fused-ring (bicyclic) bond motifs is 1. The molecule has 0 bridgehead atoms. The van der Waals surface area contributed by atoms with Crippen LogP contribution in [0.5, 0.6) is 0 Å². The van der Waals surface area contributed by atoms with E-state index in [9.17, 15) is 4.21 Å². The van der Waals surface area contributed by atoms with E-state index in [2.05, 4.69) is 0 Å². The van der Waals surface area contributed by atoms with E-state index in [4.69, 9.17) is 4.42 Å². The van der Waals surface area contributed by atoms with Crippen molar-refractivity contribution in [2.75, 3.05) is 6.26 Å². The zero-order valence-corrected chi connectivity index (χ0v) is 10.7. The smallest absolute Gasteiger partial charge is 0.151 e. The van der Waals surface area contributed by atoms with Gasteiger partial charge in [-0.3, -0.25) is 4.21 Å². The van der Waals surface area contributed by atoms with E-state index >= 15 is 0 Å². The monoisotopic (exact) mass is 256 g/mol. The summed E-state index contributed by atoms with van der Waals surface area (Å²) >= 11 is 0. The lowest BCUT2D eigenvalue weighted by Crippen LogP contribution is -1.88. The summed E-state index contributed by atoms with van der Waals surface area (Å²) in [4.78, 5) is 0.775. The van der Waals surface area contributed by atoms with E-state index in [1.807, 2.05) is 54.6 Å². The Balaban J connectivity index is 2.36. The first-order valence-corrected chi connectivity index (χ1v) is 7.23. The third-order valence-electron chi connectivity index (χ3n) is 2.87. The van der Waals surface area contributed by atoms with Crippen LogP contribution in [0.25, 0.3) is 22.3 Å². The molecule has 0 fully saturated rings. The maximum Gasteiger partial charge on any atom is 0.151 e. The molecule has 90 valence electrons. The molecule has 0 N–H and O–H groups in total. The predicted molar refractivity (Wildman–Crippen MR) is 74.0 cm³/mol. The van der Waals surface area contributed by atoms with Crippen LogP contribution in [0.15, 0.2) is 63.9 Å². The van der Waals surface area contributed by atoms with Crippen molar-refractivity contribution in [2.45, 2.75) is 4.90 Å². The maximum atomic E-state index is 12.0. The minimum absolute atomic E-state index is 0.706. The van der Waals surface area contributed by atoms with Gasteiger partial charge in [-0.1, -0.05) is 42.5 Å². The largest absolute Gasteiger partial charge is 0.455 e.